The van der Waals surface area contributed by atoms with Gasteiger partial charge in [-0.3, -0.25) is 0 Å². The van der Waals surface area contributed by atoms with Crippen LogP contribution in [0, 0.1) is 31.5 Å². The fraction of sp³-hybridized carbons (Fsp3) is 0.259. The molecule has 0 aliphatic rings. The van der Waals surface area contributed by atoms with Crippen molar-refractivity contribution in [3.05, 3.63) is 99.3 Å². The summed E-state index contributed by atoms with van der Waals surface area (Å²) in [5, 5.41) is 18.7. The number of benzene rings is 3. The molecular formula is C27H26ClFO3. The summed E-state index contributed by atoms with van der Waals surface area (Å²) in [5.41, 5.74) is 5.10. The molecule has 0 aliphatic carbocycles. The summed E-state index contributed by atoms with van der Waals surface area (Å²) in [7, 11) is 0. The monoisotopic (exact) mass is 452 g/mol. The first-order chi connectivity index (χ1) is 15.4. The Morgan fingerprint density at radius 2 is 1.84 bits per heavy atom. The molecule has 3 nitrogen and oxygen atoms in total. The van der Waals surface area contributed by atoms with E-state index in [0.29, 0.717) is 22.8 Å². The third-order valence-corrected chi connectivity index (χ3v) is 5.52. The SMILES string of the molecule is Cc1ccc(CC(C#Cc2ccc(OCC(O)CO)c(Cl)c2)c2cccc(F)c2)cc1C. The Bertz CT molecular complexity index is 1130. The van der Waals surface area contributed by atoms with E-state index in [9.17, 15) is 9.50 Å². The number of hydrogen-bond acceptors (Lipinski definition) is 3. The minimum Gasteiger partial charge on any atom is -0.489 e. The van der Waals surface area contributed by atoms with Gasteiger partial charge in [-0.1, -0.05) is 53.8 Å². The molecule has 0 saturated carbocycles. The minimum atomic E-state index is -0.969. The van der Waals surface area contributed by atoms with Crippen LogP contribution in [0.3, 0.4) is 0 Å². The first-order valence-electron chi connectivity index (χ1n) is 10.4. The zero-order chi connectivity index (χ0) is 23.1. The van der Waals surface area contributed by atoms with Gasteiger partial charge in [0.1, 0.15) is 24.3 Å². The molecule has 0 bridgehead atoms. The Kier molecular flexibility index (Phi) is 8.30. The minimum absolute atomic E-state index is 0.0567. The highest BCUT2D eigenvalue weighted by Gasteiger charge is 2.12. The smallest absolute Gasteiger partial charge is 0.138 e. The summed E-state index contributed by atoms with van der Waals surface area (Å²) >= 11 is 6.28. The zero-order valence-electron chi connectivity index (χ0n) is 18.1. The fourth-order valence-electron chi connectivity index (χ4n) is 3.25. The maximum Gasteiger partial charge on any atom is 0.138 e. The lowest BCUT2D eigenvalue weighted by atomic mass is 9.91. The van der Waals surface area contributed by atoms with E-state index in [1.807, 2.05) is 6.07 Å². The van der Waals surface area contributed by atoms with E-state index in [4.69, 9.17) is 21.4 Å². The van der Waals surface area contributed by atoms with Gasteiger partial charge in [-0.05, 0) is 72.9 Å². The second kappa shape index (κ2) is 11.2. The molecule has 0 saturated heterocycles. The Hall–Kier alpha value is -2.84. The van der Waals surface area contributed by atoms with Gasteiger partial charge in [0.15, 0.2) is 0 Å². The molecule has 3 aromatic rings. The molecule has 0 amide bonds. The topological polar surface area (TPSA) is 49.7 Å². The van der Waals surface area contributed by atoms with Crippen molar-refractivity contribution < 1.29 is 19.3 Å². The first kappa shape index (κ1) is 23.8. The number of ether oxygens (including phenoxy) is 1. The molecule has 0 radical (unpaired) electrons. The summed E-state index contributed by atoms with van der Waals surface area (Å²) < 4.78 is 19.3. The molecule has 0 aliphatic heterocycles. The van der Waals surface area contributed by atoms with Crippen molar-refractivity contribution in [1.29, 1.82) is 0 Å². The lowest BCUT2D eigenvalue weighted by molar-refractivity contribution is 0.0536. The zero-order valence-corrected chi connectivity index (χ0v) is 18.9. The third-order valence-electron chi connectivity index (χ3n) is 5.23. The highest BCUT2D eigenvalue weighted by Crippen LogP contribution is 2.26. The molecule has 3 rings (SSSR count). The predicted octanol–water partition coefficient (Wildman–Crippen LogP) is 5.21. The standard InChI is InChI=1S/C27H26ClFO3/c1-18-6-7-21(12-19(18)2)13-23(22-4-3-5-24(29)15-22)10-8-20-9-11-27(26(28)14-20)32-17-25(31)16-30/h3-7,9,11-12,14-15,23,25,30-31H,13,16-17H2,1-2H3. The van der Waals surface area contributed by atoms with Crippen LogP contribution in [0.4, 0.5) is 4.39 Å². The van der Waals surface area contributed by atoms with Crippen LogP contribution >= 0.6 is 11.6 Å². The largest absolute Gasteiger partial charge is 0.489 e. The van der Waals surface area contributed by atoms with E-state index in [1.165, 1.54) is 23.3 Å². The number of hydrogen-bond donors (Lipinski definition) is 2. The van der Waals surface area contributed by atoms with Crippen LogP contribution in [0.25, 0.3) is 0 Å². The van der Waals surface area contributed by atoms with Crippen LogP contribution in [-0.2, 0) is 6.42 Å². The Balaban J connectivity index is 1.85. The normalized spacial score (nSPS) is 12.6. The van der Waals surface area contributed by atoms with Crippen molar-refractivity contribution in [3.63, 3.8) is 0 Å². The molecule has 0 heterocycles. The van der Waals surface area contributed by atoms with Gasteiger partial charge in [-0.25, -0.2) is 4.39 Å². The Morgan fingerprint density at radius 1 is 1.03 bits per heavy atom. The number of aliphatic hydroxyl groups is 2. The van der Waals surface area contributed by atoms with Crippen molar-refractivity contribution in [3.8, 4) is 17.6 Å². The molecule has 0 spiro atoms. The number of rotatable bonds is 7. The van der Waals surface area contributed by atoms with E-state index in [0.717, 1.165) is 11.1 Å². The van der Waals surface area contributed by atoms with Crippen molar-refractivity contribution in [2.45, 2.75) is 32.3 Å². The maximum atomic E-state index is 13.9. The number of aryl methyl sites for hydroxylation is 2. The van der Waals surface area contributed by atoms with Gasteiger partial charge in [0.05, 0.1) is 11.6 Å². The van der Waals surface area contributed by atoms with E-state index >= 15 is 0 Å². The molecular weight excluding hydrogens is 427 g/mol. The van der Waals surface area contributed by atoms with Crippen LogP contribution in [-0.4, -0.2) is 29.5 Å². The lowest BCUT2D eigenvalue weighted by Gasteiger charge is -2.13. The van der Waals surface area contributed by atoms with Crippen LogP contribution in [0.2, 0.25) is 5.02 Å². The third kappa shape index (κ3) is 6.58. The second-order valence-electron chi connectivity index (χ2n) is 7.79. The number of halogens is 2. The van der Waals surface area contributed by atoms with E-state index in [-0.39, 0.29) is 24.9 Å². The summed E-state index contributed by atoms with van der Waals surface area (Å²) in [6.07, 6.45) is -0.311. The predicted molar refractivity (Wildman–Crippen MR) is 126 cm³/mol. The van der Waals surface area contributed by atoms with Gasteiger partial charge in [-0.15, -0.1) is 0 Å². The molecule has 5 heteroatoms. The van der Waals surface area contributed by atoms with Crippen molar-refractivity contribution >= 4 is 11.6 Å². The quantitative estimate of drug-likeness (QED) is 0.484. The van der Waals surface area contributed by atoms with Gasteiger partial charge in [0.25, 0.3) is 0 Å². The molecule has 0 aromatic heterocycles. The van der Waals surface area contributed by atoms with Crippen molar-refractivity contribution in [2.75, 3.05) is 13.2 Å². The molecule has 2 atom stereocenters. The molecule has 2 unspecified atom stereocenters. The van der Waals surface area contributed by atoms with Crippen LogP contribution in [0.15, 0.2) is 60.7 Å². The summed E-state index contributed by atoms with van der Waals surface area (Å²) in [5.74, 6) is 6.35. The molecule has 166 valence electrons. The fourth-order valence-corrected chi connectivity index (χ4v) is 3.48. The molecule has 2 N–H and O–H groups in total. The van der Waals surface area contributed by atoms with E-state index in [2.05, 4.69) is 43.9 Å². The maximum absolute atomic E-state index is 13.9. The van der Waals surface area contributed by atoms with Crippen molar-refractivity contribution in [2.24, 2.45) is 0 Å². The second-order valence-corrected chi connectivity index (χ2v) is 8.20. The average Bonchev–Trinajstić information content (AvgIpc) is 2.78. The number of aliphatic hydroxyl groups excluding tert-OH is 2. The van der Waals surface area contributed by atoms with Gasteiger partial charge >= 0.3 is 0 Å². The van der Waals surface area contributed by atoms with E-state index < -0.39 is 6.10 Å². The Morgan fingerprint density at radius 3 is 2.53 bits per heavy atom. The summed E-state index contributed by atoms with van der Waals surface area (Å²) in [4.78, 5) is 0. The lowest BCUT2D eigenvalue weighted by Crippen LogP contribution is -2.21. The summed E-state index contributed by atoms with van der Waals surface area (Å²) in [6.45, 7) is 3.71. The Labute approximate surface area is 193 Å². The van der Waals surface area contributed by atoms with E-state index in [1.54, 1.807) is 24.3 Å². The summed E-state index contributed by atoms with van der Waals surface area (Å²) in [6, 6.07) is 18.0. The molecule has 3 aromatic carbocycles. The molecule has 32 heavy (non-hydrogen) atoms. The molecule has 0 fully saturated rings. The van der Waals surface area contributed by atoms with Crippen LogP contribution < -0.4 is 4.74 Å². The highest BCUT2D eigenvalue weighted by molar-refractivity contribution is 6.32. The van der Waals surface area contributed by atoms with Gasteiger partial charge in [-0.2, -0.15) is 0 Å². The van der Waals surface area contributed by atoms with Crippen LogP contribution in [0.5, 0.6) is 5.75 Å². The highest BCUT2D eigenvalue weighted by atomic mass is 35.5. The van der Waals surface area contributed by atoms with Gasteiger partial charge < -0.3 is 14.9 Å². The van der Waals surface area contributed by atoms with Gasteiger partial charge in [0.2, 0.25) is 0 Å². The van der Waals surface area contributed by atoms with Crippen LogP contribution in [0.1, 0.15) is 33.7 Å². The van der Waals surface area contributed by atoms with Gasteiger partial charge in [0, 0.05) is 11.5 Å². The average molecular weight is 453 g/mol. The van der Waals surface area contributed by atoms with Crippen molar-refractivity contribution in [1.82, 2.24) is 0 Å². The first-order valence-corrected chi connectivity index (χ1v) is 10.8.